The molecule has 0 aliphatic heterocycles. The normalized spacial score (nSPS) is 13.6. The van der Waals surface area contributed by atoms with Gasteiger partial charge in [0.25, 0.3) is 0 Å². The molecule has 0 spiro atoms. The summed E-state index contributed by atoms with van der Waals surface area (Å²) in [7, 11) is 1.66. The van der Waals surface area contributed by atoms with Crippen LogP contribution in [0.5, 0.6) is 5.75 Å². The van der Waals surface area contributed by atoms with Crippen LogP contribution < -0.4 is 4.74 Å². The number of ketones is 1. The van der Waals surface area contributed by atoms with Crippen LogP contribution in [0.4, 0.5) is 0 Å². The first-order valence-corrected chi connectivity index (χ1v) is 7.46. The molecule has 2 nitrogen and oxygen atoms in total. The Morgan fingerprint density at radius 3 is 1.90 bits per heavy atom. The van der Waals surface area contributed by atoms with Crippen molar-refractivity contribution in [2.45, 2.75) is 32.6 Å². The fourth-order valence-electron chi connectivity index (χ4n) is 3.12. The lowest BCUT2D eigenvalue weighted by Crippen LogP contribution is -2.08. The Balaban J connectivity index is 2.12. The highest BCUT2D eigenvalue weighted by Gasteiger charge is 2.18. The molecule has 0 aromatic heterocycles. The largest absolute Gasteiger partial charge is 0.496 e. The second kappa shape index (κ2) is 5.72. The minimum absolute atomic E-state index is 0.0923. The van der Waals surface area contributed by atoms with Gasteiger partial charge in [0.1, 0.15) is 5.75 Å². The first-order valence-electron chi connectivity index (χ1n) is 7.46. The van der Waals surface area contributed by atoms with Crippen molar-refractivity contribution in [1.29, 1.82) is 0 Å². The molecule has 2 aromatic rings. The van der Waals surface area contributed by atoms with Crippen LogP contribution in [0.15, 0.2) is 36.4 Å². The van der Waals surface area contributed by atoms with Crippen molar-refractivity contribution >= 4 is 5.78 Å². The number of ether oxygens (including phenoxy) is 1. The van der Waals surface area contributed by atoms with Gasteiger partial charge in [-0.3, -0.25) is 4.79 Å². The molecule has 2 aromatic carbocycles. The second-order valence-corrected chi connectivity index (χ2v) is 5.66. The number of hydrogen-bond donors (Lipinski definition) is 0. The number of hydrogen-bond acceptors (Lipinski definition) is 2. The third-order valence-electron chi connectivity index (χ3n) is 4.27. The summed E-state index contributed by atoms with van der Waals surface area (Å²) in [6.07, 6.45) is 3.67. The highest BCUT2D eigenvalue weighted by atomic mass is 16.5. The van der Waals surface area contributed by atoms with E-state index in [0.29, 0.717) is 0 Å². The molecule has 21 heavy (non-hydrogen) atoms. The average Bonchev–Trinajstić information content (AvgIpc) is 2.48. The summed E-state index contributed by atoms with van der Waals surface area (Å²) in [6.45, 7) is 1.63. The summed E-state index contributed by atoms with van der Waals surface area (Å²) in [5.74, 6) is 0.865. The van der Waals surface area contributed by atoms with Gasteiger partial charge in [-0.1, -0.05) is 36.4 Å². The van der Waals surface area contributed by atoms with Gasteiger partial charge in [-0.2, -0.15) is 0 Å². The quantitative estimate of drug-likeness (QED) is 0.782. The van der Waals surface area contributed by atoms with E-state index in [9.17, 15) is 4.79 Å². The van der Waals surface area contributed by atoms with Crippen LogP contribution in [-0.2, 0) is 25.7 Å². The summed E-state index contributed by atoms with van der Waals surface area (Å²) in [5.41, 5.74) is 5.63. The van der Waals surface area contributed by atoms with Gasteiger partial charge in [0.2, 0.25) is 0 Å². The number of Topliss-reactive ketones (excluding diaryl/α,β-unsaturated/α-hetero) is 1. The monoisotopic (exact) mass is 280 g/mol. The van der Waals surface area contributed by atoms with Crippen molar-refractivity contribution in [3.8, 4) is 5.75 Å². The lowest BCUT2D eigenvalue weighted by Gasteiger charge is -2.17. The Hall–Kier alpha value is -2.09. The molecule has 4 bridgehead atoms. The maximum absolute atomic E-state index is 12.1. The maximum Gasteiger partial charge on any atom is 0.163 e. The number of benzene rings is 2. The molecule has 0 heterocycles. The Morgan fingerprint density at radius 2 is 1.38 bits per heavy atom. The summed E-state index contributed by atoms with van der Waals surface area (Å²) in [5, 5.41) is 0. The first kappa shape index (κ1) is 13.9. The molecule has 108 valence electrons. The highest BCUT2D eigenvalue weighted by Crippen LogP contribution is 2.30. The number of aryl methyl sites for hydroxylation is 4. The molecule has 4 aliphatic rings. The van der Waals surface area contributed by atoms with Crippen molar-refractivity contribution < 1.29 is 9.53 Å². The van der Waals surface area contributed by atoms with E-state index in [-0.39, 0.29) is 5.78 Å². The van der Waals surface area contributed by atoms with Gasteiger partial charge in [-0.05, 0) is 54.9 Å². The zero-order valence-electron chi connectivity index (χ0n) is 12.6. The van der Waals surface area contributed by atoms with Crippen molar-refractivity contribution in [2.75, 3.05) is 7.11 Å². The summed E-state index contributed by atoms with van der Waals surface area (Å²) in [6, 6.07) is 13.0. The van der Waals surface area contributed by atoms with Crippen LogP contribution in [0.25, 0.3) is 0 Å². The molecule has 0 amide bonds. The lowest BCUT2D eigenvalue weighted by molar-refractivity contribution is 0.101. The van der Waals surface area contributed by atoms with Gasteiger partial charge in [0.15, 0.2) is 5.78 Å². The lowest BCUT2D eigenvalue weighted by atomic mass is 9.91. The van der Waals surface area contributed by atoms with E-state index in [2.05, 4.69) is 36.4 Å². The molecule has 4 aliphatic carbocycles. The summed E-state index contributed by atoms with van der Waals surface area (Å²) in [4.78, 5) is 12.1. The van der Waals surface area contributed by atoms with Gasteiger partial charge >= 0.3 is 0 Å². The maximum atomic E-state index is 12.1. The smallest absolute Gasteiger partial charge is 0.163 e. The van der Waals surface area contributed by atoms with Crippen LogP contribution >= 0.6 is 0 Å². The minimum Gasteiger partial charge on any atom is -0.496 e. The van der Waals surface area contributed by atoms with Crippen molar-refractivity contribution in [3.63, 3.8) is 0 Å². The fourth-order valence-corrected chi connectivity index (χ4v) is 3.12. The molecule has 0 unspecified atom stereocenters. The van der Waals surface area contributed by atoms with Crippen LogP contribution in [0.2, 0.25) is 0 Å². The number of carbonyl (C=O) groups excluding carboxylic acids is 1. The summed E-state index contributed by atoms with van der Waals surface area (Å²) < 4.78 is 5.58. The van der Waals surface area contributed by atoms with E-state index in [1.807, 2.05) is 0 Å². The molecule has 6 rings (SSSR count). The van der Waals surface area contributed by atoms with Crippen LogP contribution in [0, 0.1) is 0 Å². The number of carbonyl (C=O) groups is 1. The fraction of sp³-hybridized carbons (Fsp3) is 0.316. The molecular formula is C19H20O2. The highest BCUT2D eigenvalue weighted by molar-refractivity contribution is 5.98. The van der Waals surface area contributed by atoms with Crippen LogP contribution in [0.3, 0.4) is 0 Å². The van der Waals surface area contributed by atoms with Gasteiger partial charge in [0.05, 0.1) is 12.7 Å². The Bertz CT molecular complexity index is 669. The number of rotatable bonds is 2. The standard InChI is InChI=1S/C19H20O2/c1-13(20)18-16-9-7-14-3-5-15(6-4-14)8-10-17(12-11-16)19(18)21-2/h3-6,11-12H,7-10H2,1-2H3. The van der Waals surface area contributed by atoms with Gasteiger partial charge in [-0.25, -0.2) is 0 Å². The Kier molecular flexibility index (Phi) is 3.78. The molecule has 2 heteroatoms. The Labute approximate surface area is 125 Å². The molecule has 0 saturated heterocycles. The van der Waals surface area contributed by atoms with E-state index >= 15 is 0 Å². The van der Waals surface area contributed by atoms with E-state index < -0.39 is 0 Å². The first-order chi connectivity index (χ1) is 10.2. The summed E-state index contributed by atoms with van der Waals surface area (Å²) >= 11 is 0. The molecular weight excluding hydrogens is 260 g/mol. The van der Waals surface area contributed by atoms with E-state index in [4.69, 9.17) is 4.74 Å². The predicted molar refractivity (Wildman–Crippen MR) is 84.3 cm³/mol. The van der Waals surface area contributed by atoms with Crippen LogP contribution in [-0.4, -0.2) is 12.9 Å². The SMILES string of the molecule is COc1c2ccc(c1C(C)=O)CCc1ccc(cc1)CC2. The van der Waals surface area contributed by atoms with E-state index in [1.165, 1.54) is 11.1 Å². The molecule has 0 fully saturated rings. The topological polar surface area (TPSA) is 26.3 Å². The molecule has 0 N–H and O–H groups in total. The average molecular weight is 280 g/mol. The molecule has 0 saturated carbocycles. The predicted octanol–water partition coefficient (Wildman–Crippen LogP) is 3.78. The third kappa shape index (κ3) is 2.71. The van der Waals surface area contributed by atoms with Crippen molar-refractivity contribution in [2.24, 2.45) is 0 Å². The third-order valence-corrected chi connectivity index (χ3v) is 4.27. The minimum atomic E-state index is 0.0923. The van der Waals surface area contributed by atoms with Gasteiger partial charge in [-0.15, -0.1) is 0 Å². The zero-order valence-corrected chi connectivity index (χ0v) is 12.6. The van der Waals surface area contributed by atoms with Crippen molar-refractivity contribution in [3.05, 3.63) is 64.2 Å². The zero-order chi connectivity index (χ0) is 14.8. The molecule has 0 radical (unpaired) electrons. The number of methoxy groups -OCH3 is 1. The van der Waals surface area contributed by atoms with E-state index in [0.717, 1.165) is 48.1 Å². The second-order valence-electron chi connectivity index (χ2n) is 5.66. The molecule has 0 atom stereocenters. The van der Waals surface area contributed by atoms with E-state index in [1.54, 1.807) is 14.0 Å². The van der Waals surface area contributed by atoms with Gasteiger partial charge < -0.3 is 4.74 Å². The van der Waals surface area contributed by atoms with Crippen molar-refractivity contribution in [1.82, 2.24) is 0 Å². The van der Waals surface area contributed by atoms with Crippen LogP contribution in [0.1, 0.15) is 39.5 Å². The van der Waals surface area contributed by atoms with Gasteiger partial charge in [0, 0.05) is 0 Å². The Morgan fingerprint density at radius 1 is 0.857 bits per heavy atom.